The number of hydrogen-bond acceptors (Lipinski definition) is 2. The smallest absolute Gasteiger partial charge is 0.0893 e. The van der Waals surface area contributed by atoms with Gasteiger partial charge < -0.3 is 0 Å². The molecule has 0 amide bonds. The fraction of sp³-hybridized carbons (Fsp3) is 0.0625. The normalized spacial score (nSPS) is 16.2. The van der Waals surface area contributed by atoms with E-state index in [0.717, 1.165) is 5.69 Å². The Hall–Kier alpha value is -1.20. The summed E-state index contributed by atoms with van der Waals surface area (Å²) < 4.78 is 0.381. The van der Waals surface area contributed by atoms with Crippen LogP contribution in [-0.4, -0.2) is 4.98 Å². The fourth-order valence-corrected chi connectivity index (χ4v) is 4.59. The Labute approximate surface area is 129 Å². The van der Waals surface area contributed by atoms with E-state index in [9.17, 15) is 0 Å². The molecule has 1 aromatic heterocycles. The monoisotopic (exact) mass is 375 g/mol. The summed E-state index contributed by atoms with van der Waals surface area (Å²) >= 11 is 4.27. The van der Waals surface area contributed by atoms with Crippen molar-refractivity contribution in [1.29, 1.82) is 0 Å². The zero-order chi connectivity index (χ0) is 12.8. The van der Waals surface area contributed by atoms with E-state index in [2.05, 4.69) is 76.1 Å². The Balaban J connectivity index is 2.15. The molecule has 1 nitrogen and oxygen atoms in total. The summed E-state index contributed by atoms with van der Waals surface area (Å²) in [4.78, 5) is 5.90. The van der Waals surface area contributed by atoms with Gasteiger partial charge in [-0.25, -0.2) is 4.98 Å². The number of thiazole rings is 1. The lowest BCUT2D eigenvalue weighted by Crippen LogP contribution is -1.94. The highest BCUT2D eigenvalue weighted by atomic mass is 127. The molecule has 19 heavy (non-hydrogen) atoms. The second-order valence-corrected chi connectivity index (χ2v) is 6.67. The Kier molecular flexibility index (Phi) is 2.70. The Bertz CT molecular complexity index is 701. The quantitative estimate of drug-likeness (QED) is 0.383. The van der Waals surface area contributed by atoms with E-state index in [0.29, 0.717) is 3.92 Å². The maximum atomic E-state index is 4.61. The third-order valence-corrected chi connectivity index (χ3v) is 5.74. The Morgan fingerprint density at radius 3 is 2.32 bits per heavy atom. The minimum atomic E-state index is 0.381. The van der Waals surface area contributed by atoms with Gasteiger partial charge in [0, 0.05) is 5.56 Å². The molecular formula is C16H10INS. The molecule has 0 bridgehead atoms. The van der Waals surface area contributed by atoms with E-state index < -0.39 is 0 Å². The first kappa shape index (κ1) is 11.6. The Morgan fingerprint density at radius 1 is 0.895 bits per heavy atom. The van der Waals surface area contributed by atoms with E-state index >= 15 is 0 Å². The lowest BCUT2D eigenvalue weighted by atomic mass is 10.00. The van der Waals surface area contributed by atoms with Crippen LogP contribution in [0.4, 0.5) is 0 Å². The van der Waals surface area contributed by atoms with Gasteiger partial charge in [0.1, 0.15) is 0 Å². The van der Waals surface area contributed by atoms with Crippen molar-refractivity contribution in [2.24, 2.45) is 0 Å². The average molecular weight is 375 g/mol. The van der Waals surface area contributed by atoms with Gasteiger partial charge >= 0.3 is 0 Å². The number of rotatable bonds is 0. The first-order valence-electron chi connectivity index (χ1n) is 6.12. The van der Waals surface area contributed by atoms with Crippen molar-refractivity contribution < 1.29 is 0 Å². The zero-order valence-electron chi connectivity index (χ0n) is 10.0. The van der Waals surface area contributed by atoms with Crippen molar-refractivity contribution >= 4 is 33.9 Å². The first-order chi connectivity index (χ1) is 9.36. The van der Waals surface area contributed by atoms with E-state index in [4.69, 9.17) is 0 Å². The number of nitrogens with zero attached hydrogens (tertiary/aromatic N) is 1. The number of aromatic nitrogens is 1. The molecule has 92 valence electrons. The van der Waals surface area contributed by atoms with Crippen molar-refractivity contribution in [1.82, 2.24) is 4.98 Å². The summed E-state index contributed by atoms with van der Waals surface area (Å²) in [6, 6.07) is 17.3. The molecule has 0 aliphatic heterocycles. The van der Waals surface area contributed by atoms with Crippen LogP contribution in [0.25, 0.3) is 21.7 Å². The van der Waals surface area contributed by atoms with Crippen molar-refractivity contribution in [3.63, 3.8) is 0 Å². The van der Waals surface area contributed by atoms with Crippen molar-refractivity contribution in [3.8, 4) is 21.7 Å². The predicted molar refractivity (Wildman–Crippen MR) is 88.8 cm³/mol. The second kappa shape index (κ2) is 4.42. The van der Waals surface area contributed by atoms with Gasteiger partial charge in [-0.1, -0.05) is 71.1 Å². The summed E-state index contributed by atoms with van der Waals surface area (Å²) in [6.07, 6.45) is 0. The Morgan fingerprint density at radius 2 is 1.53 bits per heavy atom. The van der Waals surface area contributed by atoms with Crippen LogP contribution in [0.1, 0.15) is 15.1 Å². The molecular weight excluding hydrogens is 365 g/mol. The van der Waals surface area contributed by atoms with Crippen LogP contribution in [-0.2, 0) is 0 Å². The topological polar surface area (TPSA) is 12.9 Å². The summed E-state index contributed by atoms with van der Waals surface area (Å²) in [5.41, 5.74) is 8.43. The number of alkyl halides is 1. The summed E-state index contributed by atoms with van der Waals surface area (Å²) in [5, 5.41) is 0. The molecule has 0 spiro atoms. The van der Waals surface area contributed by atoms with Gasteiger partial charge in [-0.05, 0) is 16.7 Å². The van der Waals surface area contributed by atoms with Gasteiger partial charge in [-0.3, -0.25) is 0 Å². The van der Waals surface area contributed by atoms with Crippen LogP contribution in [0, 0.1) is 0 Å². The number of benzene rings is 2. The molecule has 0 saturated carbocycles. The average Bonchev–Trinajstić information content (AvgIpc) is 2.92. The van der Waals surface area contributed by atoms with Gasteiger partial charge in [0.05, 0.1) is 20.0 Å². The molecule has 1 heterocycles. The van der Waals surface area contributed by atoms with Crippen LogP contribution >= 0.6 is 33.9 Å². The highest BCUT2D eigenvalue weighted by Crippen LogP contribution is 2.48. The highest BCUT2D eigenvalue weighted by molar-refractivity contribution is 14.1. The first-order valence-corrected chi connectivity index (χ1v) is 8.25. The molecule has 1 unspecified atom stereocenters. The van der Waals surface area contributed by atoms with Crippen molar-refractivity contribution in [2.45, 2.75) is 3.92 Å². The number of fused-ring (bicyclic) bond motifs is 5. The van der Waals surface area contributed by atoms with E-state index in [1.807, 2.05) is 5.51 Å². The maximum absolute atomic E-state index is 4.61. The van der Waals surface area contributed by atoms with Gasteiger partial charge in [-0.15, -0.1) is 11.3 Å². The maximum Gasteiger partial charge on any atom is 0.0893 e. The molecule has 0 fully saturated rings. The van der Waals surface area contributed by atoms with E-state index in [-0.39, 0.29) is 0 Å². The molecule has 0 saturated heterocycles. The molecule has 4 rings (SSSR count). The van der Waals surface area contributed by atoms with Crippen LogP contribution in [0.3, 0.4) is 0 Å². The molecule has 3 aromatic rings. The van der Waals surface area contributed by atoms with E-state index in [1.165, 1.54) is 27.1 Å². The van der Waals surface area contributed by atoms with Crippen molar-refractivity contribution in [3.05, 3.63) is 65.2 Å². The predicted octanol–water partition coefficient (Wildman–Crippen LogP) is 5.31. The van der Waals surface area contributed by atoms with Crippen molar-refractivity contribution in [2.75, 3.05) is 0 Å². The minimum Gasteiger partial charge on any atom is -0.244 e. The fourth-order valence-electron chi connectivity index (χ4n) is 2.66. The lowest BCUT2D eigenvalue weighted by Gasteiger charge is -2.13. The number of hydrogen-bond donors (Lipinski definition) is 0. The second-order valence-electron chi connectivity index (χ2n) is 4.57. The molecule has 3 heteroatoms. The van der Waals surface area contributed by atoms with E-state index in [1.54, 1.807) is 11.3 Å². The molecule has 1 aliphatic rings. The molecule has 1 atom stereocenters. The third kappa shape index (κ3) is 1.68. The van der Waals surface area contributed by atoms with Crippen LogP contribution in [0.15, 0.2) is 54.0 Å². The summed E-state index contributed by atoms with van der Waals surface area (Å²) in [7, 11) is 0. The lowest BCUT2D eigenvalue weighted by molar-refractivity contribution is 1.21. The van der Waals surface area contributed by atoms with Gasteiger partial charge in [-0.2, -0.15) is 0 Å². The molecule has 0 radical (unpaired) electrons. The van der Waals surface area contributed by atoms with Gasteiger partial charge in [0.25, 0.3) is 0 Å². The van der Waals surface area contributed by atoms with Crippen LogP contribution in [0.2, 0.25) is 0 Å². The van der Waals surface area contributed by atoms with Gasteiger partial charge in [0.2, 0.25) is 0 Å². The molecule has 1 aliphatic carbocycles. The third-order valence-electron chi connectivity index (χ3n) is 3.53. The largest absolute Gasteiger partial charge is 0.244 e. The zero-order valence-corrected chi connectivity index (χ0v) is 13.0. The summed E-state index contributed by atoms with van der Waals surface area (Å²) in [5.74, 6) is 0. The number of halogens is 1. The molecule has 2 aromatic carbocycles. The van der Waals surface area contributed by atoms with Crippen LogP contribution in [0.5, 0.6) is 0 Å². The SMILES string of the molecule is IC1c2ccccc2-c2ncsc2-c2ccccc21. The van der Waals surface area contributed by atoms with Crippen LogP contribution < -0.4 is 0 Å². The van der Waals surface area contributed by atoms with Gasteiger partial charge in [0.15, 0.2) is 0 Å². The minimum absolute atomic E-state index is 0.381. The summed E-state index contributed by atoms with van der Waals surface area (Å²) in [6.45, 7) is 0. The highest BCUT2D eigenvalue weighted by Gasteiger charge is 2.26. The molecule has 0 N–H and O–H groups in total. The standard InChI is InChI=1S/C16H10INS/c17-14-10-5-1-3-7-12(10)15-16(19-9-18-15)13-8-4-2-6-11(13)14/h1-9,14H.